The summed E-state index contributed by atoms with van der Waals surface area (Å²) in [4.78, 5) is 42.5. The third-order valence-electron chi connectivity index (χ3n) is 8.80. The van der Waals surface area contributed by atoms with Gasteiger partial charge in [-0.25, -0.2) is 9.98 Å². The van der Waals surface area contributed by atoms with Crippen molar-refractivity contribution >= 4 is 23.6 Å². The summed E-state index contributed by atoms with van der Waals surface area (Å²) >= 11 is 0. The lowest BCUT2D eigenvalue weighted by molar-refractivity contribution is -0.141. The van der Waals surface area contributed by atoms with E-state index in [1.165, 1.54) is 0 Å². The Bertz CT molecular complexity index is 1370. The average Bonchev–Trinajstić information content (AvgIpc) is 3.03. The zero-order valence-electron chi connectivity index (χ0n) is 28.5. The first-order chi connectivity index (χ1) is 22.2. The zero-order valence-corrected chi connectivity index (χ0v) is 28.5. The van der Waals surface area contributed by atoms with Crippen LogP contribution in [0.1, 0.15) is 78.4 Å². The van der Waals surface area contributed by atoms with E-state index in [4.69, 9.17) is 19.5 Å². The van der Waals surface area contributed by atoms with E-state index >= 15 is 0 Å². The van der Waals surface area contributed by atoms with Crippen molar-refractivity contribution < 1.29 is 19.1 Å². The lowest BCUT2D eigenvalue weighted by Gasteiger charge is -2.45. The lowest BCUT2D eigenvalue weighted by atomic mass is 9.83. The van der Waals surface area contributed by atoms with Crippen molar-refractivity contribution in [1.82, 2.24) is 9.80 Å². The molecule has 8 nitrogen and oxygen atoms in total. The number of carbonyl (C=O) groups excluding carboxylic acids is 2. The van der Waals surface area contributed by atoms with Crippen molar-refractivity contribution in [2.45, 2.75) is 104 Å². The fraction of sp³-hybridized carbons (Fsp3) is 0.526. The molecule has 2 aromatic rings. The molecule has 0 saturated heterocycles. The fourth-order valence-corrected chi connectivity index (χ4v) is 6.74. The second kappa shape index (κ2) is 16.1. The van der Waals surface area contributed by atoms with Gasteiger partial charge < -0.3 is 19.3 Å². The zero-order chi connectivity index (χ0) is 33.3. The van der Waals surface area contributed by atoms with Gasteiger partial charge in [0.1, 0.15) is 23.7 Å². The number of aliphatic imine (C=N–C) groups is 2. The lowest BCUT2D eigenvalue weighted by Crippen LogP contribution is -2.60. The van der Waals surface area contributed by atoms with Crippen LogP contribution in [0.2, 0.25) is 0 Å². The summed E-state index contributed by atoms with van der Waals surface area (Å²) in [7, 11) is 0. The van der Waals surface area contributed by atoms with Crippen LogP contribution in [0.3, 0.4) is 0 Å². The van der Waals surface area contributed by atoms with Crippen LogP contribution in [0.25, 0.3) is 0 Å². The summed E-state index contributed by atoms with van der Waals surface area (Å²) in [5.74, 6) is 1.40. The number of hydrogen-bond donors (Lipinski definition) is 0. The largest absolute Gasteiger partial charge is 0.480 e. The standard InChI is InChI=1S/C38H52N4O4/c1-8-23-38(37(44)42(26-30-20-15-12-16-21-30)33(28(6)7)35(40-38)46-10-3)24-17-22-31-36(43)41(25-29-18-13-11-14-19-29)32(27(4)5)34(39-31)45-9-2/h8,11-16,18-21,27-28,31-33H,1,9-10,17,22-26H2,2-7H3/t31-,32+,33+,38+/m1/s1. The minimum absolute atomic E-state index is 0.0113. The highest BCUT2D eigenvalue weighted by Crippen LogP contribution is 2.36. The van der Waals surface area contributed by atoms with Crippen LogP contribution in [0.15, 0.2) is 83.3 Å². The number of rotatable bonds is 14. The van der Waals surface area contributed by atoms with E-state index in [1.807, 2.05) is 84.3 Å². The smallest absolute Gasteiger partial charge is 0.251 e. The number of carbonyl (C=O) groups is 2. The molecule has 2 aliphatic rings. The van der Waals surface area contributed by atoms with Gasteiger partial charge >= 0.3 is 0 Å². The van der Waals surface area contributed by atoms with Crippen molar-refractivity contribution in [3.05, 3.63) is 84.4 Å². The number of ether oxygens (including phenoxy) is 2. The summed E-state index contributed by atoms with van der Waals surface area (Å²) in [5.41, 5.74) is 1.04. The Morgan fingerprint density at radius 3 is 1.87 bits per heavy atom. The van der Waals surface area contributed by atoms with E-state index in [1.54, 1.807) is 6.08 Å². The van der Waals surface area contributed by atoms with Crippen molar-refractivity contribution in [2.24, 2.45) is 21.8 Å². The highest BCUT2D eigenvalue weighted by Gasteiger charge is 2.49. The van der Waals surface area contributed by atoms with Gasteiger partial charge in [-0.15, -0.1) is 6.58 Å². The van der Waals surface area contributed by atoms with E-state index in [-0.39, 0.29) is 35.7 Å². The first-order valence-corrected chi connectivity index (χ1v) is 16.9. The molecule has 0 bridgehead atoms. The van der Waals surface area contributed by atoms with Crippen molar-refractivity contribution in [3.63, 3.8) is 0 Å². The van der Waals surface area contributed by atoms with Gasteiger partial charge in [0.2, 0.25) is 17.7 Å². The monoisotopic (exact) mass is 628 g/mol. The first kappa shape index (κ1) is 34.9. The molecular formula is C38H52N4O4. The molecule has 2 amide bonds. The number of nitrogens with zero attached hydrogens (tertiary/aromatic N) is 4. The van der Waals surface area contributed by atoms with E-state index in [0.717, 1.165) is 11.1 Å². The number of amides is 2. The molecule has 0 aliphatic carbocycles. The Morgan fingerprint density at radius 2 is 1.35 bits per heavy atom. The molecule has 2 aliphatic heterocycles. The Balaban J connectivity index is 1.64. The summed E-state index contributed by atoms with van der Waals surface area (Å²) in [5, 5.41) is 0. The third kappa shape index (κ3) is 7.88. The van der Waals surface area contributed by atoms with E-state index < -0.39 is 11.6 Å². The molecule has 0 N–H and O–H groups in total. The van der Waals surface area contributed by atoms with E-state index in [2.05, 4.69) is 34.3 Å². The maximum Gasteiger partial charge on any atom is 0.251 e. The molecule has 0 saturated carbocycles. The summed E-state index contributed by atoms with van der Waals surface area (Å²) in [6.07, 6.45) is 3.63. The molecule has 2 aromatic carbocycles. The Morgan fingerprint density at radius 1 is 0.826 bits per heavy atom. The van der Waals surface area contributed by atoms with Gasteiger partial charge in [0, 0.05) is 13.1 Å². The molecule has 4 rings (SSSR count). The van der Waals surface area contributed by atoms with Crippen LogP contribution in [0, 0.1) is 11.8 Å². The maximum atomic E-state index is 14.6. The molecule has 2 heterocycles. The molecule has 0 aromatic heterocycles. The number of hydrogen-bond acceptors (Lipinski definition) is 6. The highest BCUT2D eigenvalue weighted by molar-refractivity contribution is 5.99. The van der Waals surface area contributed by atoms with Crippen LogP contribution in [0.4, 0.5) is 0 Å². The van der Waals surface area contributed by atoms with Gasteiger partial charge in [0.05, 0.1) is 13.2 Å². The van der Waals surface area contributed by atoms with Gasteiger partial charge in [0.15, 0.2) is 0 Å². The van der Waals surface area contributed by atoms with Gasteiger partial charge in [-0.2, -0.15) is 0 Å². The van der Waals surface area contributed by atoms with Crippen LogP contribution in [-0.4, -0.2) is 70.3 Å². The predicted molar refractivity (Wildman–Crippen MR) is 185 cm³/mol. The van der Waals surface area contributed by atoms with Gasteiger partial charge in [-0.05, 0) is 62.5 Å². The minimum Gasteiger partial charge on any atom is -0.480 e. The molecule has 0 spiro atoms. The fourth-order valence-electron chi connectivity index (χ4n) is 6.74. The van der Waals surface area contributed by atoms with Gasteiger partial charge in [-0.3, -0.25) is 9.59 Å². The summed E-state index contributed by atoms with van der Waals surface area (Å²) in [6, 6.07) is 19.0. The Hall–Kier alpha value is -3.94. The molecule has 0 unspecified atom stereocenters. The van der Waals surface area contributed by atoms with Crippen molar-refractivity contribution in [1.29, 1.82) is 0 Å². The average molecular weight is 629 g/mol. The number of benzene rings is 2. The van der Waals surface area contributed by atoms with Crippen LogP contribution < -0.4 is 0 Å². The van der Waals surface area contributed by atoms with Gasteiger partial charge in [-0.1, -0.05) is 94.4 Å². The van der Waals surface area contributed by atoms with Crippen molar-refractivity contribution in [2.75, 3.05) is 13.2 Å². The quantitative estimate of drug-likeness (QED) is 0.215. The summed E-state index contributed by atoms with van der Waals surface area (Å²) in [6.45, 7) is 18.2. The highest BCUT2D eigenvalue weighted by atomic mass is 16.5. The normalized spacial score (nSPS) is 23.4. The second-order valence-electron chi connectivity index (χ2n) is 13.0. The molecule has 0 fully saturated rings. The maximum absolute atomic E-state index is 14.6. The Labute approximate surface area is 275 Å². The third-order valence-corrected chi connectivity index (χ3v) is 8.80. The SMILES string of the molecule is C=CC[C@@]1(CCC[C@H]2N=C(OCC)[C@H](C(C)C)N(Cc3ccccc3)C2=O)N=C(OCC)[C@H](C(C)C)N(Cc2ccccc2)C1=O. The van der Waals surface area contributed by atoms with Gasteiger partial charge in [0.25, 0.3) is 5.91 Å². The second-order valence-corrected chi connectivity index (χ2v) is 13.0. The van der Waals surface area contributed by atoms with E-state index in [9.17, 15) is 9.59 Å². The summed E-state index contributed by atoms with van der Waals surface area (Å²) < 4.78 is 12.2. The van der Waals surface area contributed by atoms with Crippen LogP contribution in [-0.2, 0) is 32.2 Å². The van der Waals surface area contributed by atoms with Crippen molar-refractivity contribution in [3.8, 4) is 0 Å². The molecular weight excluding hydrogens is 576 g/mol. The first-order valence-electron chi connectivity index (χ1n) is 16.9. The van der Waals surface area contributed by atoms with Crippen LogP contribution in [0.5, 0.6) is 0 Å². The minimum atomic E-state index is -1.07. The topological polar surface area (TPSA) is 83.8 Å². The molecule has 248 valence electrons. The molecule has 4 atom stereocenters. The molecule has 8 heteroatoms. The van der Waals surface area contributed by atoms with Crippen LogP contribution >= 0.6 is 0 Å². The predicted octanol–water partition coefficient (Wildman–Crippen LogP) is 6.84. The Kier molecular flexibility index (Phi) is 12.2. The molecule has 0 radical (unpaired) electrons. The molecule has 46 heavy (non-hydrogen) atoms. The van der Waals surface area contributed by atoms with E-state index in [0.29, 0.717) is 63.8 Å².